The first kappa shape index (κ1) is 24.4. The van der Waals surface area contributed by atoms with Gasteiger partial charge in [0.15, 0.2) is 5.96 Å². The highest BCUT2D eigenvalue weighted by atomic mass is 127. The number of hydrogen-bond acceptors (Lipinski definition) is 3. The van der Waals surface area contributed by atoms with Crippen molar-refractivity contribution in [2.75, 3.05) is 19.9 Å². The summed E-state index contributed by atoms with van der Waals surface area (Å²) in [5.74, 6) is 0.773. The fourth-order valence-electron chi connectivity index (χ4n) is 2.90. The molecule has 2 atom stereocenters. The van der Waals surface area contributed by atoms with Crippen LogP contribution in [0.1, 0.15) is 30.4 Å². The summed E-state index contributed by atoms with van der Waals surface area (Å²) in [4.78, 5) is 4.26. The van der Waals surface area contributed by atoms with Crippen molar-refractivity contribution in [1.29, 1.82) is 0 Å². The lowest BCUT2D eigenvalue weighted by molar-refractivity contribution is -0.176. The molecule has 1 aromatic carbocycles. The van der Waals surface area contributed by atoms with Crippen LogP contribution in [-0.4, -0.2) is 43.3 Å². The Hall–Kier alpha value is -0.680. The van der Waals surface area contributed by atoms with Gasteiger partial charge in [0.25, 0.3) is 0 Å². The van der Waals surface area contributed by atoms with Crippen LogP contribution in [0.4, 0.5) is 13.2 Å². The number of nitrogens with zero attached hydrogens (tertiary/aromatic N) is 1. The third kappa shape index (κ3) is 9.38. The number of ether oxygens (including phenoxy) is 1. The van der Waals surface area contributed by atoms with Crippen LogP contribution in [-0.2, 0) is 17.9 Å². The van der Waals surface area contributed by atoms with Crippen molar-refractivity contribution in [2.24, 2.45) is 4.99 Å². The Labute approximate surface area is 180 Å². The van der Waals surface area contributed by atoms with Crippen molar-refractivity contribution in [2.45, 2.75) is 49.9 Å². The summed E-state index contributed by atoms with van der Waals surface area (Å²) in [7, 11) is 1.75. The number of guanidine groups is 1. The summed E-state index contributed by atoms with van der Waals surface area (Å²) in [5, 5.41) is 7.45. The second-order valence-corrected chi connectivity index (χ2v) is 7.50. The van der Waals surface area contributed by atoms with Crippen LogP contribution in [0.5, 0.6) is 0 Å². The van der Waals surface area contributed by atoms with Crippen LogP contribution in [0.2, 0.25) is 0 Å². The van der Waals surface area contributed by atoms with Gasteiger partial charge in [-0.15, -0.1) is 24.0 Å². The molecular formula is C18H27F3IN3OS. The Morgan fingerprint density at radius 3 is 2.44 bits per heavy atom. The number of halogens is 4. The van der Waals surface area contributed by atoms with E-state index in [0.717, 1.165) is 35.2 Å². The molecule has 154 valence electrons. The van der Waals surface area contributed by atoms with Crippen molar-refractivity contribution >= 4 is 41.7 Å². The molecule has 0 aromatic heterocycles. The van der Waals surface area contributed by atoms with Crippen molar-refractivity contribution in [1.82, 2.24) is 10.6 Å². The molecule has 1 saturated carbocycles. The first-order valence-corrected chi connectivity index (χ1v) is 9.90. The smallest absolute Gasteiger partial charge is 0.367 e. The van der Waals surface area contributed by atoms with Crippen LogP contribution in [0, 0.1) is 0 Å². The Balaban J connectivity index is 0.00000364. The Morgan fingerprint density at radius 2 is 1.89 bits per heavy atom. The molecule has 0 radical (unpaired) electrons. The molecule has 0 spiro atoms. The molecule has 27 heavy (non-hydrogen) atoms. The van der Waals surface area contributed by atoms with Gasteiger partial charge in [-0.2, -0.15) is 24.9 Å². The maximum Gasteiger partial charge on any atom is 0.411 e. The van der Waals surface area contributed by atoms with E-state index in [1.807, 2.05) is 23.9 Å². The zero-order chi connectivity index (χ0) is 19.0. The average Bonchev–Trinajstić information content (AvgIpc) is 3.06. The number of aliphatic imine (C=N–C) groups is 1. The summed E-state index contributed by atoms with van der Waals surface area (Å²) in [5.41, 5.74) is 1.75. The van der Waals surface area contributed by atoms with E-state index >= 15 is 0 Å². The first-order valence-electron chi connectivity index (χ1n) is 8.62. The van der Waals surface area contributed by atoms with Crippen molar-refractivity contribution in [3.8, 4) is 0 Å². The molecular weight excluding hydrogens is 490 g/mol. The second-order valence-electron chi connectivity index (χ2n) is 6.36. The monoisotopic (exact) mass is 517 g/mol. The van der Waals surface area contributed by atoms with E-state index in [1.165, 1.54) is 6.42 Å². The molecule has 2 rings (SSSR count). The maximum atomic E-state index is 12.1. The lowest BCUT2D eigenvalue weighted by atomic mass is 10.1. The highest BCUT2D eigenvalue weighted by Gasteiger charge is 2.27. The fourth-order valence-corrected chi connectivity index (χ4v) is 3.69. The van der Waals surface area contributed by atoms with Crippen LogP contribution in [0.15, 0.2) is 29.3 Å². The minimum absolute atomic E-state index is 0. The molecule has 0 bridgehead atoms. The SMILES string of the molecule is CN=C(NCc1ccc(COCC(F)(F)F)cc1)NC1CCC(SC)C1.I. The van der Waals surface area contributed by atoms with Gasteiger partial charge < -0.3 is 15.4 Å². The van der Waals surface area contributed by atoms with Crippen LogP contribution in [0.3, 0.4) is 0 Å². The molecule has 1 fully saturated rings. The summed E-state index contributed by atoms with van der Waals surface area (Å²) in [6.45, 7) is -0.673. The van der Waals surface area contributed by atoms with E-state index in [9.17, 15) is 13.2 Å². The second kappa shape index (κ2) is 12.0. The third-order valence-corrected chi connectivity index (χ3v) is 5.39. The van der Waals surface area contributed by atoms with E-state index in [2.05, 4.69) is 26.6 Å². The molecule has 4 nitrogen and oxygen atoms in total. The standard InChI is InChI=1S/C18H26F3N3OS.HI/c1-22-17(24-15-7-8-16(9-15)26-2)23-10-13-3-5-14(6-4-13)11-25-12-18(19,20)21;/h3-6,15-16H,7-12H2,1-2H3,(H2,22,23,24);1H. The van der Waals surface area contributed by atoms with Gasteiger partial charge >= 0.3 is 6.18 Å². The number of rotatable bonds is 7. The molecule has 2 unspecified atom stereocenters. The van der Waals surface area contributed by atoms with Crippen LogP contribution < -0.4 is 10.6 Å². The van der Waals surface area contributed by atoms with Gasteiger partial charge in [0, 0.05) is 24.9 Å². The van der Waals surface area contributed by atoms with Crippen molar-refractivity contribution in [3.63, 3.8) is 0 Å². The highest BCUT2D eigenvalue weighted by molar-refractivity contribution is 14.0. The molecule has 1 aliphatic rings. The number of benzene rings is 1. The molecule has 0 amide bonds. The predicted molar refractivity (Wildman–Crippen MR) is 116 cm³/mol. The molecule has 0 heterocycles. The first-order chi connectivity index (χ1) is 12.4. The van der Waals surface area contributed by atoms with Gasteiger partial charge in [-0.05, 0) is 36.6 Å². The normalized spacial score (nSPS) is 20.3. The molecule has 0 saturated heterocycles. The third-order valence-electron chi connectivity index (χ3n) is 4.30. The summed E-state index contributed by atoms with van der Waals surface area (Å²) in [6, 6.07) is 7.78. The lowest BCUT2D eigenvalue weighted by Gasteiger charge is -2.17. The zero-order valence-corrected chi connectivity index (χ0v) is 18.7. The van der Waals surface area contributed by atoms with Crippen molar-refractivity contribution < 1.29 is 17.9 Å². The van der Waals surface area contributed by atoms with Gasteiger partial charge in [-0.3, -0.25) is 4.99 Å². The van der Waals surface area contributed by atoms with Gasteiger partial charge in [-0.25, -0.2) is 0 Å². The Bertz CT molecular complexity index is 584. The van der Waals surface area contributed by atoms with Gasteiger partial charge in [0.1, 0.15) is 6.61 Å². The number of thioether (sulfide) groups is 1. The quantitative estimate of drug-likeness (QED) is 0.321. The highest BCUT2D eigenvalue weighted by Crippen LogP contribution is 2.28. The molecule has 2 N–H and O–H groups in total. The van der Waals surface area contributed by atoms with Crippen molar-refractivity contribution in [3.05, 3.63) is 35.4 Å². The molecule has 9 heteroatoms. The number of nitrogens with one attached hydrogen (secondary N) is 2. The van der Waals surface area contributed by atoms with Crippen LogP contribution in [0.25, 0.3) is 0 Å². The van der Waals surface area contributed by atoms with Crippen LogP contribution >= 0.6 is 35.7 Å². The van der Waals surface area contributed by atoms with Gasteiger partial charge in [-0.1, -0.05) is 24.3 Å². The summed E-state index contributed by atoms with van der Waals surface area (Å²) in [6.07, 6.45) is 1.39. The lowest BCUT2D eigenvalue weighted by Crippen LogP contribution is -2.42. The minimum Gasteiger partial charge on any atom is -0.367 e. The van der Waals surface area contributed by atoms with E-state index in [1.54, 1.807) is 19.2 Å². The molecule has 1 aliphatic carbocycles. The fraction of sp³-hybridized carbons (Fsp3) is 0.611. The largest absolute Gasteiger partial charge is 0.411 e. The predicted octanol–water partition coefficient (Wildman–Crippen LogP) is 4.33. The average molecular weight is 517 g/mol. The topological polar surface area (TPSA) is 45.7 Å². The van der Waals surface area contributed by atoms with Gasteiger partial charge in [0.05, 0.1) is 6.61 Å². The van der Waals surface area contributed by atoms with E-state index in [-0.39, 0.29) is 30.6 Å². The Kier molecular flexibility index (Phi) is 10.8. The zero-order valence-electron chi connectivity index (χ0n) is 15.5. The summed E-state index contributed by atoms with van der Waals surface area (Å²) >= 11 is 1.92. The minimum atomic E-state index is -4.29. The number of hydrogen-bond donors (Lipinski definition) is 2. The molecule has 0 aliphatic heterocycles. The summed E-state index contributed by atoms with van der Waals surface area (Å²) < 4.78 is 40.9. The van der Waals surface area contributed by atoms with E-state index < -0.39 is 12.8 Å². The van der Waals surface area contributed by atoms with E-state index in [0.29, 0.717) is 12.6 Å². The van der Waals surface area contributed by atoms with Gasteiger partial charge in [0.2, 0.25) is 0 Å². The van der Waals surface area contributed by atoms with E-state index in [4.69, 9.17) is 0 Å². The number of alkyl halides is 3. The maximum absolute atomic E-state index is 12.1. The molecule has 1 aromatic rings. The Morgan fingerprint density at radius 1 is 1.22 bits per heavy atom.